The maximum atomic E-state index is 13.1. The van der Waals surface area contributed by atoms with Crippen molar-refractivity contribution in [2.45, 2.75) is 32.6 Å². The zero-order chi connectivity index (χ0) is 27.7. The first-order valence-corrected chi connectivity index (χ1v) is 11.3. The standard InChI is InChI=1S/C26H20F6N4O2/c1-14-5-3-4-6-19(14)20-12-22(24-35-15(2)36-38-24)34-13-21(20)23(37)33-8-7-16-9-17(25(27,28)29)11-18(10-16)26(30,31)32/h3-6,9-13H,7-8H2,1-2H3,(H,33,37). The Bertz CT molecular complexity index is 1450. The molecular weight excluding hydrogens is 514 g/mol. The summed E-state index contributed by atoms with van der Waals surface area (Å²) in [6.45, 7) is 3.27. The minimum Gasteiger partial charge on any atom is -0.352 e. The molecule has 4 rings (SSSR count). The van der Waals surface area contributed by atoms with Crippen molar-refractivity contribution in [1.29, 1.82) is 0 Å². The third kappa shape index (κ3) is 6.01. The molecule has 2 aromatic heterocycles. The third-order valence-electron chi connectivity index (χ3n) is 5.68. The number of alkyl halides is 6. The van der Waals surface area contributed by atoms with Gasteiger partial charge in [0.2, 0.25) is 0 Å². The zero-order valence-electron chi connectivity index (χ0n) is 20.0. The molecule has 0 radical (unpaired) electrons. The summed E-state index contributed by atoms with van der Waals surface area (Å²) < 4.78 is 84.0. The number of nitrogens with zero attached hydrogens (tertiary/aromatic N) is 3. The highest BCUT2D eigenvalue weighted by atomic mass is 19.4. The van der Waals surface area contributed by atoms with E-state index >= 15 is 0 Å². The maximum absolute atomic E-state index is 13.1. The highest BCUT2D eigenvalue weighted by molar-refractivity contribution is 6.01. The first kappa shape index (κ1) is 26.8. The second-order valence-corrected chi connectivity index (χ2v) is 8.50. The van der Waals surface area contributed by atoms with Gasteiger partial charge in [0.15, 0.2) is 5.82 Å². The number of halogens is 6. The Kier molecular flexibility index (Phi) is 7.25. The lowest BCUT2D eigenvalue weighted by Gasteiger charge is -2.15. The number of rotatable bonds is 6. The minimum absolute atomic E-state index is 0.0642. The summed E-state index contributed by atoms with van der Waals surface area (Å²) in [5.41, 5.74) is -0.512. The van der Waals surface area contributed by atoms with Crippen LogP contribution >= 0.6 is 0 Å². The summed E-state index contributed by atoms with van der Waals surface area (Å²) in [5.74, 6) is -0.0642. The van der Waals surface area contributed by atoms with E-state index in [4.69, 9.17) is 4.52 Å². The van der Waals surface area contributed by atoms with Gasteiger partial charge in [0.1, 0.15) is 5.69 Å². The average molecular weight is 534 g/mol. The molecule has 38 heavy (non-hydrogen) atoms. The Labute approximate surface area is 212 Å². The molecule has 2 aromatic carbocycles. The summed E-state index contributed by atoms with van der Waals surface area (Å²) >= 11 is 0. The van der Waals surface area contributed by atoms with Crippen LogP contribution in [0.3, 0.4) is 0 Å². The van der Waals surface area contributed by atoms with E-state index in [0.29, 0.717) is 34.8 Å². The Morgan fingerprint density at radius 3 is 2.16 bits per heavy atom. The number of hydrogen-bond acceptors (Lipinski definition) is 5. The SMILES string of the molecule is Cc1noc(-c2cc(-c3ccccc3C)c(C(=O)NCCc3cc(C(F)(F)F)cc(C(F)(F)F)c3)cn2)n1. The third-order valence-corrected chi connectivity index (χ3v) is 5.68. The number of amides is 1. The number of aryl methyl sites for hydroxylation is 2. The van der Waals surface area contributed by atoms with Gasteiger partial charge in [-0.15, -0.1) is 0 Å². The molecule has 0 aliphatic heterocycles. The molecule has 198 valence electrons. The molecule has 0 aliphatic carbocycles. The molecule has 0 spiro atoms. The van der Waals surface area contributed by atoms with Crippen molar-refractivity contribution in [1.82, 2.24) is 20.4 Å². The summed E-state index contributed by atoms with van der Waals surface area (Å²) in [6.07, 6.45) is -8.86. The molecular formula is C26H20F6N4O2. The Morgan fingerprint density at radius 1 is 0.921 bits per heavy atom. The van der Waals surface area contributed by atoms with Crippen molar-refractivity contribution in [2.75, 3.05) is 6.54 Å². The number of carbonyl (C=O) groups is 1. The quantitative estimate of drug-likeness (QED) is 0.289. The minimum atomic E-state index is -4.95. The van der Waals surface area contributed by atoms with Crippen molar-refractivity contribution in [2.24, 2.45) is 0 Å². The van der Waals surface area contributed by atoms with E-state index in [-0.39, 0.29) is 36.0 Å². The molecule has 4 aromatic rings. The van der Waals surface area contributed by atoms with E-state index in [1.165, 1.54) is 6.20 Å². The van der Waals surface area contributed by atoms with Crippen molar-refractivity contribution >= 4 is 5.91 Å². The second-order valence-electron chi connectivity index (χ2n) is 8.50. The lowest BCUT2D eigenvalue weighted by molar-refractivity contribution is -0.143. The molecule has 0 saturated heterocycles. The molecule has 0 fully saturated rings. The van der Waals surface area contributed by atoms with Gasteiger partial charge in [-0.2, -0.15) is 31.3 Å². The van der Waals surface area contributed by atoms with Gasteiger partial charge in [0.05, 0.1) is 16.7 Å². The fourth-order valence-electron chi connectivity index (χ4n) is 3.83. The Morgan fingerprint density at radius 2 is 1.58 bits per heavy atom. The van der Waals surface area contributed by atoms with Crippen LogP contribution < -0.4 is 5.32 Å². The predicted molar refractivity (Wildman–Crippen MR) is 125 cm³/mol. The number of nitrogens with one attached hydrogen (secondary N) is 1. The fraction of sp³-hybridized carbons (Fsp3) is 0.231. The van der Waals surface area contributed by atoms with Gasteiger partial charge in [-0.3, -0.25) is 9.78 Å². The molecule has 1 N–H and O–H groups in total. The fourth-order valence-corrected chi connectivity index (χ4v) is 3.83. The lowest BCUT2D eigenvalue weighted by Crippen LogP contribution is -2.26. The second kappa shape index (κ2) is 10.3. The van der Waals surface area contributed by atoms with Crippen molar-refractivity contribution in [3.8, 4) is 22.7 Å². The van der Waals surface area contributed by atoms with Gasteiger partial charge in [0.25, 0.3) is 11.8 Å². The number of hydrogen-bond donors (Lipinski definition) is 1. The van der Waals surface area contributed by atoms with Crippen LogP contribution in [0.5, 0.6) is 0 Å². The number of aromatic nitrogens is 3. The molecule has 1 amide bonds. The van der Waals surface area contributed by atoms with Crippen LogP contribution in [0.15, 0.2) is 59.3 Å². The van der Waals surface area contributed by atoms with Crippen LogP contribution in [-0.4, -0.2) is 27.6 Å². The van der Waals surface area contributed by atoms with Gasteiger partial charge in [-0.25, -0.2) is 0 Å². The first-order chi connectivity index (χ1) is 17.8. The summed E-state index contributed by atoms with van der Waals surface area (Å²) in [4.78, 5) is 21.5. The van der Waals surface area contributed by atoms with E-state index in [1.54, 1.807) is 25.1 Å². The predicted octanol–water partition coefficient (Wildman–Crippen LogP) is 6.43. The molecule has 0 unspecified atom stereocenters. The number of carbonyl (C=O) groups excluding carboxylic acids is 1. The van der Waals surface area contributed by atoms with Crippen molar-refractivity contribution in [3.63, 3.8) is 0 Å². The molecule has 12 heteroatoms. The lowest BCUT2D eigenvalue weighted by atomic mass is 9.96. The van der Waals surface area contributed by atoms with E-state index in [2.05, 4.69) is 20.4 Å². The average Bonchev–Trinajstić information content (AvgIpc) is 3.29. The van der Waals surface area contributed by atoms with Gasteiger partial charge >= 0.3 is 12.4 Å². The van der Waals surface area contributed by atoms with Crippen LogP contribution in [0.4, 0.5) is 26.3 Å². The first-order valence-electron chi connectivity index (χ1n) is 11.3. The van der Waals surface area contributed by atoms with Gasteiger partial charge in [0, 0.05) is 12.7 Å². The molecule has 0 atom stereocenters. The maximum Gasteiger partial charge on any atom is 0.416 e. The normalized spacial score (nSPS) is 12.0. The molecule has 6 nitrogen and oxygen atoms in total. The van der Waals surface area contributed by atoms with Crippen LogP contribution in [0, 0.1) is 13.8 Å². The smallest absolute Gasteiger partial charge is 0.352 e. The highest BCUT2D eigenvalue weighted by Crippen LogP contribution is 2.36. The van der Waals surface area contributed by atoms with Crippen molar-refractivity contribution < 1.29 is 35.7 Å². The monoisotopic (exact) mass is 534 g/mol. The van der Waals surface area contributed by atoms with Gasteiger partial charge in [-0.1, -0.05) is 29.4 Å². The zero-order valence-corrected chi connectivity index (χ0v) is 20.0. The molecule has 0 aliphatic rings. The number of benzene rings is 2. The summed E-state index contributed by atoms with van der Waals surface area (Å²) in [7, 11) is 0. The van der Waals surface area contributed by atoms with Crippen molar-refractivity contribution in [3.05, 3.63) is 88.4 Å². The van der Waals surface area contributed by atoms with Crippen LogP contribution in [-0.2, 0) is 18.8 Å². The van der Waals surface area contributed by atoms with Gasteiger partial charge in [-0.05, 0) is 66.8 Å². The highest BCUT2D eigenvalue weighted by Gasteiger charge is 2.36. The summed E-state index contributed by atoms with van der Waals surface area (Å²) in [6, 6.07) is 10.2. The number of pyridine rings is 1. The molecule has 0 bridgehead atoms. The van der Waals surface area contributed by atoms with Crippen LogP contribution in [0.2, 0.25) is 0 Å². The Balaban J connectivity index is 1.60. The molecule has 0 saturated carbocycles. The van der Waals surface area contributed by atoms with E-state index < -0.39 is 29.4 Å². The summed E-state index contributed by atoms with van der Waals surface area (Å²) in [5, 5.41) is 6.30. The van der Waals surface area contributed by atoms with Crippen LogP contribution in [0.25, 0.3) is 22.7 Å². The van der Waals surface area contributed by atoms with E-state index in [0.717, 1.165) is 5.56 Å². The van der Waals surface area contributed by atoms with E-state index in [1.807, 2.05) is 19.1 Å². The topological polar surface area (TPSA) is 80.9 Å². The molecule has 2 heterocycles. The van der Waals surface area contributed by atoms with Gasteiger partial charge < -0.3 is 9.84 Å². The van der Waals surface area contributed by atoms with Crippen LogP contribution in [0.1, 0.15) is 38.4 Å². The Hall–Kier alpha value is -4.22. The largest absolute Gasteiger partial charge is 0.416 e. The van der Waals surface area contributed by atoms with E-state index in [9.17, 15) is 31.1 Å².